The summed E-state index contributed by atoms with van der Waals surface area (Å²) in [6.45, 7) is 6.20. The van der Waals surface area contributed by atoms with Crippen LogP contribution in [-0.2, 0) is 6.61 Å². The van der Waals surface area contributed by atoms with Gasteiger partial charge in [0.1, 0.15) is 18.1 Å². The van der Waals surface area contributed by atoms with Crippen molar-refractivity contribution >= 4 is 0 Å². The first-order valence-corrected chi connectivity index (χ1v) is 7.06. The first kappa shape index (κ1) is 15.4. The molecular weight excluding hydrogens is 264 g/mol. The van der Waals surface area contributed by atoms with Crippen LogP contribution >= 0.6 is 0 Å². The molecule has 0 aliphatic carbocycles. The number of methoxy groups -OCH3 is 1. The molecule has 1 unspecified atom stereocenters. The lowest BCUT2D eigenvalue weighted by atomic mass is 10.1. The highest BCUT2D eigenvalue weighted by Crippen LogP contribution is 2.28. The van der Waals surface area contributed by atoms with E-state index in [9.17, 15) is 5.11 Å². The van der Waals surface area contributed by atoms with Gasteiger partial charge in [0.05, 0.1) is 13.2 Å². The van der Waals surface area contributed by atoms with Gasteiger partial charge in [0.25, 0.3) is 0 Å². The molecule has 3 nitrogen and oxygen atoms in total. The maximum Gasteiger partial charge on any atom is 0.125 e. The molecule has 112 valence electrons. The molecule has 0 amide bonds. The molecule has 0 aliphatic rings. The van der Waals surface area contributed by atoms with Crippen molar-refractivity contribution in [2.45, 2.75) is 33.5 Å². The average molecular weight is 286 g/mol. The molecular formula is C18H22O3. The van der Waals surface area contributed by atoms with Crippen LogP contribution in [0.3, 0.4) is 0 Å². The van der Waals surface area contributed by atoms with Gasteiger partial charge in [-0.2, -0.15) is 0 Å². The number of aryl methyl sites for hydroxylation is 2. The van der Waals surface area contributed by atoms with Crippen molar-refractivity contribution in [3.63, 3.8) is 0 Å². The van der Waals surface area contributed by atoms with E-state index in [4.69, 9.17) is 9.47 Å². The minimum atomic E-state index is -0.556. The zero-order valence-corrected chi connectivity index (χ0v) is 13.0. The molecule has 0 saturated heterocycles. The van der Waals surface area contributed by atoms with Gasteiger partial charge < -0.3 is 14.6 Å². The SMILES string of the molecule is COc1ccc(C)cc1COc1cc(C)ccc1C(C)O. The van der Waals surface area contributed by atoms with Crippen LogP contribution in [0.5, 0.6) is 11.5 Å². The van der Waals surface area contributed by atoms with E-state index in [1.54, 1.807) is 14.0 Å². The van der Waals surface area contributed by atoms with Crippen LogP contribution in [0, 0.1) is 13.8 Å². The molecule has 3 heteroatoms. The number of aliphatic hydroxyl groups is 1. The lowest BCUT2D eigenvalue weighted by Gasteiger charge is -2.16. The van der Waals surface area contributed by atoms with Crippen molar-refractivity contribution in [3.05, 3.63) is 58.7 Å². The van der Waals surface area contributed by atoms with E-state index in [-0.39, 0.29) is 0 Å². The van der Waals surface area contributed by atoms with Crippen LogP contribution in [0.1, 0.15) is 35.3 Å². The number of hydrogen-bond donors (Lipinski definition) is 1. The monoisotopic (exact) mass is 286 g/mol. The Kier molecular flexibility index (Phi) is 4.86. The Bertz CT molecular complexity index is 618. The summed E-state index contributed by atoms with van der Waals surface area (Å²) >= 11 is 0. The van der Waals surface area contributed by atoms with Crippen LogP contribution in [0.2, 0.25) is 0 Å². The van der Waals surface area contributed by atoms with E-state index in [1.165, 1.54) is 0 Å². The molecule has 1 atom stereocenters. The van der Waals surface area contributed by atoms with Crippen LogP contribution in [-0.4, -0.2) is 12.2 Å². The molecule has 0 aromatic heterocycles. The number of benzene rings is 2. The summed E-state index contributed by atoms with van der Waals surface area (Å²) < 4.78 is 11.3. The van der Waals surface area contributed by atoms with Gasteiger partial charge in [0, 0.05) is 11.1 Å². The molecule has 0 saturated carbocycles. The van der Waals surface area contributed by atoms with E-state index >= 15 is 0 Å². The maximum absolute atomic E-state index is 9.83. The van der Waals surface area contributed by atoms with E-state index < -0.39 is 6.10 Å². The third-order valence-electron chi connectivity index (χ3n) is 3.44. The largest absolute Gasteiger partial charge is 0.496 e. The maximum atomic E-state index is 9.83. The normalized spacial score (nSPS) is 12.0. The Labute approximate surface area is 126 Å². The average Bonchev–Trinajstić information content (AvgIpc) is 2.45. The minimum absolute atomic E-state index is 0.411. The molecule has 2 aromatic rings. The van der Waals surface area contributed by atoms with Crippen molar-refractivity contribution in [1.29, 1.82) is 0 Å². The quantitative estimate of drug-likeness (QED) is 0.904. The van der Waals surface area contributed by atoms with Gasteiger partial charge in [-0.15, -0.1) is 0 Å². The van der Waals surface area contributed by atoms with E-state index in [0.29, 0.717) is 12.4 Å². The lowest BCUT2D eigenvalue weighted by Crippen LogP contribution is -2.03. The topological polar surface area (TPSA) is 38.7 Å². The fourth-order valence-electron chi connectivity index (χ4n) is 2.29. The summed E-state index contributed by atoms with van der Waals surface area (Å²) in [4.78, 5) is 0. The molecule has 2 rings (SSSR count). The minimum Gasteiger partial charge on any atom is -0.496 e. The first-order chi connectivity index (χ1) is 10.0. The molecule has 0 fully saturated rings. The third-order valence-corrected chi connectivity index (χ3v) is 3.44. The van der Waals surface area contributed by atoms with Gasteiger partial charge in [-0.25, -0.2) is 0 Å². The molecule has 0 radical (unpaired) electrons. The fourth-order valence-corrected chi connectivity index (χ4v) is 2.29. The van der Waals surface area contributed by atoms with Crippen molar-refractivity contribution < 1.29 is 14.6 Å². The van der Waals surface area contributed by atoms with Crippen molar-refractivity contribution in [1.82, 2.24) is 0 Å². The fraction of sp³-hybridized carbons (Fsp3) is 0.333. The number of rotatable bonds is 5. The predicted molar refractivity (Wildman–Crippen MR) is 83.9 cm³/mol. The summed E-state index contributed by atoms with van der Waals surface area (Å²) in [6.07, 6.45) is -0.556. The highest BCUT2D eigenvalue weighted by Gasteiger charge is 2.11. The summed E-state index contributed by atoms with van der Waals surface area (Å²) in [5.74, 6) is 1.53. The van der Waals surface area contributed by atoms with Crippen LogP contribution < -0.4 is 9.47 Å². The summed E-state index contributed by atoms with van der Waals surface area (Å²) in [5, 5.41) is 9.83. The Morgan fingerprint density at radius 2 is 1.67 bits per heavy atom. The summed E-state index contributed by atoms with van der Waals surface area (Å²) in [5.41, 5.74) is 4.06. The molecule has 0 heterocycles. The molecule has 1 N–H and O–H groups in total. The zero-order valence-electron chi connectivity index (χ0n) is 13.0. The Morgan fingerprint density at radius 1 is 1.00 bits per heavy atom. The smallest absolute Gasteiger partial charge is 0.125 e. The highest BCUT2D eigenvalue weighted by atomic mass is 16.5. The van der Waals surface area contributed by atoms with Crippen LogP contribution in [0.25, 0.3) is 0 Å². The van der Waals surface area contributed by atoms with E-state index in [0.717, 1.165) is 28.0 Å². The lowest BCUT2D eigenvalue weighted by molar-refractivity contribution is 0.190. The zero-order chi connectivity index (χ0) is 15.4. The summed E-state index contributed by atoms with van der Waals surface area (Å²) in [7, 11) is 1.65. The van der Waals surface area contributed by atoms with E-state index in [1.807, 2.05) is 44.2 Å². The second kappa shape index (κ2) is 6.64. The highest BCUT2D eigenvalue weighted by molar-refractivity contribution is 5.40. The Balaban J connectivity index is 2.24. The van der Waals surface area contributed by atoms with Gasteiger partial charge in [-0.05, 0) is 44.5 Å². The molecule has 0 bridgehead atoms. The first-order valence-electron chi connectivity index (χ1n) is 7.06. The third kappa shape index (κ3) is 3.76. The molecule has 21 heavy (non-hydrogen) atoms. The van der Waals surface area contributed by atoms with Gasteiger partial charge in [-0.1, -0.05) is 23.8 Å². The van der Waals surface area contributed by atoms with Gasteiger partial charge in [0.15, 0.2) is 0 Å². The van der Waals surface area contributed by atoms with Gasteiger partial charge in [0.2, 0.25) is 0 Å². The molecule has 2 aromatic carbocycles. The van der Waals surface area contributed by atoms with Gasteiger partial charge >= 0.3 is 0 Å². The second-order valence-electron chi connectivity index (χ2n) is 5.32. The van der Waals surface area contributed by atoms with Crippen molar-refractivity contribution in [3.8, 4) is 11.5 Å². The van der Waals surface area contributed by atoms with Crippen LogP contribution in [0.15, 0.2) is 36.4 Å². The van der Waals surface area contributed by atoms with Crippen molar-refractivity contribution in [2.24, 2.45) is 0 Å². The Morgan fingerprint density at radius 3 is 2.33 bits per heavy atom. The van der Waals surface area contributed by atoms with Gasteiger partial charge in [-0.3, -0.25) is 0 Å². The summed E-state index contributed by atoms with van der Waals surface area (Å²) in [6, 6.07) is 11.8. The molecule has 0 aliphatic heterocycles. The second-order valence-corrected chi connectivity index (χ2v) is 5.32. The standard InChI is InChI=1S/C18H22O3/c1-12-6-8-17(20-4)15(9-12)11-21-18-10-13(2)5-7-16(18)14(3)19/h5-10,14,19H,11H2,1-4H3. The molecule has 0 spiro atoms. The Hall–Kier alpha value is -2.00. The number of hydrogen-bond acceptors (Lipinski definition) is 3. The van der Waals surface area contributed by atoms with E-state index in [2.05, 4.69) is 6.07 Å². The van der Waals surface area contributed by atoms with Crippen LogP contribution in [0.4, 0.5) is 0 Å². The predicted octanol–water partition coefficient (Wildman–Crippen LogP) is 3.94. The van der Waals surface area contributed by atoms with Crippen molar-refractivity contribution in [2.75, 3.05) is 7.11 Å². The number of ether oxygens (including phenoxy) is 2. The number of aliphatic hydroxyl groups excluding tert-OH is 1.